The average Bonchev–Trinajstić information content (AvgIpc) is 2.54. The van der Waals surface area contributed by atoms with Gasteiger partial charge < -0.3 is 15.5 Å². The molecule has 0 radical (unpaired) electrons. The fraction of sp³-hybridized carbons (Fsp3) is 0.471. The molecule has 2 rings (SSSR count). The van der Waals surface area contributed by atoms with Crippen molar-refractivity contribution in [1.29, 1.82) is 0 Å². The summed E-state index contributed by atoms with van der Waals surface area (Å²) in [6.07, 6.45) is 4.08. The molecule has 6 heteroatoms. The maximum Gasteiger partial charge on any atom is 0.221 e. The van der Waals surface area contributed by atoms with Crippen molar-refractivity contribution in [2.24, 2.45) is 0 Å². The van der Waals surface area contributed by atoms with E-state index >= 15 is 0 Å². The van der Waals surface area contributed by atoms with E-state index in [1.54, 1.807) is 0 Å². The summed E-state index contributed by atoms with van der Waals surface area (Å²) in [5.74, 6) is 0.843. The number of hydrogen-bond donors (Lipinski definition) is 2. The minimum atomic E-state index is 0.0701. The number of anilines is 1. The molecular formula is C17H25N5O. The van der Waals surface area contributed by atoms with Gasteiger partial charge in [-0.25, -0.2) is 9.97 Å². The number of para-hydroxylation sites is 1. The van der Waals surface area contributed by atoms with E-state index in [4.69, 9.17) is 0 Å². The Morgan fingerprint density at radius 2 is 1.96 bits per heavy atom. The SMILES string of the molecule is CN(C)CCCCNC(=O)CCNc1ncnc2ccccc12. The molecule has 0 aliphatic rings. The van der Waals surface area contributed by atoms with Crippen molar-refractivity contribution in [3.63, 3.8) is 0 Å². The number of fused-ring (bicyclic) bond motifs is 1. The zero-order valence-corrected chi connectivity index (χ0v) is 13.9. The predicted molar refractivity (Wildman–Crippen MR) is 93.4 cm³/mol. The van der Waals surface area contributed by atoms with E-state index in [0.717, 1.165) is 42.7 Å². The molecular weight excluding hydrogens is 290 g/mol. The molecule has 0 spiro atoms. The Labute approximate surface area is 137 Å². The Bertz CT molecular complexity index is 624. The lowest BCUT2D eigenvalue weighted by atomic mass is 10.2. The molecule has 1 aromatic heterocycles. The Morgan fingerprint density at radius 3 is 2.78 bits per heavy atom. The zero-order valence-electron chi connectivity index (χ0n) is 13.9. The first-order valence-electron chi connectivity index (χ1n) is 8.02. The molecule has 124 valence electrons. The van der Waals surface area contributed by atoms with E-state index in [1.807, 2.05) is 24.3 Å². The first-order valence-corrected chi connectivity index (χ1v) is 8.02. The molecule has 6 nitrogen and oxygen atoms in total. The van der Waals surface area contributed by atoms with Gasteiger partial charge in [0.1, 0.15) is 12.1 Å². The molecule has 0 atom stereocenters. The fourth-order valence-electron chi connectivity index (χ4n) is 2.31. The number of benzene rings is 1. The Hall–Kier alpha value is -2.21. The number of rotatable bonds is 9. The summed E-state index contributed by atoms with van der Waals surface area (Å²) in [4.78, 5) is 22.4. The molecule has 0 aliphatic heterocycles. The Kier molecular flexibility index (Phi) is 6.75. The lowest BCUT2D eigenvalue weighted by molar-refractivity contribution is -0.120. The predicted octanol–water partition coefficient (Wildman–Crippen LogP) is 1.89. The van der Waals surface area contributed by atoms with Gasteiger partial charge in [-0.05, 0) is 45.6 Å². The van der Waals surface area contributed by atoms with E-state index in [1.165, 1.54) is 6.33 Å². The molecule has 23 heavy (non-hydrogen) atoms. The molecule has 1 amide bonds. The zero-order chi connectivity index (χ0) is 16.5. The highest BCUT2D eigenvalue weighted by Gasteiger charge is 2.04. The van der Waals surface area contributed by atoms with Gasteiger partial charge in [0, 0.05) is 24.9 Å². The highest BCUT2D eigenvalue weighted by Crippen LogP contribution is 2.17. The number of amides is 1. The highest BCUT2D eigenvalue weighted by molar-refractivity contribution is 5.88. The number of unbranched alkanes of at least 4 members (excludes halogenated alkanes) is 1. The maximum atomic E-state index is 11.8. The summed E-state index contributed by atoms with van der Waals surface area (Å²) in [5, 5.41) is 7.14. The number of nitrogens with zero attached hydrogens (tertiary/aromatic N) is 3. The highest BCUT2D eigenvalue weighted by atomic mass is 16.1. The molecule has 0 unspecified atom stereocenters. The van der Waals surface area contributed by atoms with Crippen molar-refractivity contribution < 1.29 is 4.79 Å². The third-order valence-electron chi connectivity index (χ3n) is 3.54. The van der Waals surface area contributed by atoms with Crippen molar-refractivity contribution in [2.45, 2.75) is 19.3 Å². The van der Waals surface area contributed by atoms with Crippen LogP contribution in [-0.4, -0.2) is 54.5 Å². The van der Waals surface area contributed by atoms with E-state index in [9.17, 15) is 4.79 Å². The second kappa shape index (κ2) is 9.05. The quantitative estimate of drug-likeness (QED) is 0.692. The number of carbonyl (C=O) groups excluding carboxylic acids is 1. The van der Waals surface area contributed by atoms with Crippen LogP contribution in [0.25, 0.3) is 10.9 Å². The Morgan fingerprint density at radius 1 is 1.13 bits per heavy atom. The third kappa shape index (κ3) is 5.83. The molecule has 1 aromatic carbocycles. The molecule has 0 saturated carbocycles. The summed E-state index contributed by atoms with van der Waals surface area (Å²) in [5.41, 5.74) is 0.898. The van der Waals surface area contributed by atoms with Crippen molar-refractivity contribution in [1.82, 2.24) is 20.2 Å². The lowest BCUT2D eigenvalue weighted by Gasteiger charge is -2.10. The van der Waals surface area contributed by atoms with Crippen LogP contribution in [0.5, 0.6) is 0 Å². The van der Waals surface area contributed by atoms with Gasteiger partial charge in [0.25, 0.3) is 0 Å². The molecule has 0 fully saturated rings. The first-order chi connectivity index (χ1) is 11.2. The Balaban J connectivity index is 1.69. The average molecular weight is 315 g/mol. The standard InChI is InChI=1S/C17H25N5O/c1-22(2)12-6-5-10-18-16(23)9-11-19-17-14-7-3-4-8-15(14)20-13-21-17/h3-4,7-8,13H,5-6,9-12H2,1-2H3,(H,18,23)(H,19,20,21). The second-order valence-electron chi connectivity index (χ2n) is 5.78. The maximum absolute atomic E-state index is 11.8. The minimum Gasteiger partial charge on any atom is -0.369 e. The van der Waals surface area contributed by atoms with Crippen molar-refractivity contribution >= 4 is 22.6 Å². The topological polar surface area (TPSA) is 70.2 Å². The number of nitrogens with one attached hydrogen (secondary N) is 2. The first kappa shape index (κ1) is 17.1. The van der Waals surface area contributed by atoms with Gasteiger partial charge in [-0.2, -0.15) is 0 Å². The lowest BCUT2D eigenvalue weighted by Crippen LogP contribution is -2.27. The van der Waals surface area contributed by atoms with E-state index in [2.05, 4.69) is 39.6 Å². The van der Waals surface area contributed by atoms with E-state index in [0.29, 0.717) is 13.0 Å². The van der Waals surface area contributed by atoms with Crippen molar-refractivity contribution in [3.8, 4) is 0 Å². The van der Waals surface area contributed by atoms with Crippen molar-refractivity contribution in [2.75, 3.05) is 39.0 Å². The van der Waals surface area contributed by atoms with Crippen LogP contribution >= 0.6 is 0 Å². The monoisotopic (exact) mass is 315 g/mol. The van der Waals surface area contributed by atoms with Crippen LogP contribution in [0, 0.1) is 0 Å². The summed E-state index contributed by atoms with van der Waals surface area (Å²) in [7, 11) is 4.11. The summed E-state index contributed by atoms with van der Waals surface area (Å²) < 4.78 is 0. The third-order valence-corrected chi connectivity index (χ3v) is 3.54. The van der Waals surface area contributed by atoms with E-state index < -0.39 is 0 Å². The molecule has 0 saturated heterocycles. The van der Waals surface area contributed by atoms with Gasteiger partial charge in [0.2, 0.25) is 5.91 Å². The van der Waals surface area contributed by atoms with Crippen LogP contribution in [0.15, 0.2) is 30.6 Å². The molecule has 2 aromatic rings. The number of carbonyl (C=O) groups is 1. The van der Waals surface area contributed by atoms with Crippen LogP contribution in [0.3, 0.4) is 0 Å². The number of hydrogen-bond acceptors (Lipinski definition) is 5. The summed E-state index contributed by atoms with van der Waals surface area (Å²) in [6, 6.07) is 7.82. The minimum absolute atomic E-state index is 0.0701. The van der Waals surface area contributed by atoms with Gasteiger partial charge in [-0.15, -0.1) is 0 Å². The van der Waals surface area contributed by atoms with Crippen LogP contribution < -0.4 is 10.6 Å². The second-order valence-corrected chi connectivity index (χ2v) is 5.78. The normalized spacial score (nSPS) is 10.9. The van der Waals surface area contributed by atoms with Gasteiger partial charge in [0.15, 0.2) is 0 Å². The molecule has 0 bridgehead atoms. The molecule has 2 N–H and O–H groups in total. The van der Waals surface area contributed by atoms with Crippen LogP contribution in [-0.2, 0) is 4.79 Å². The van der Waals surface area contributed by atoms with Gasteiger partial charge in [0.05, 0.1) is 5.52 Å². The van der Waals surface area contributed by atoms with E-state index in [-0.39, 0.29) is 5.91 Å². The van der Waals surface area contributed by atoms with Gasteiger partial charge >= 0.3 is 0 Å². The smallest absolute Gasteiger partial charge is 0.221 e. The summed E-state index contributed by atoms with van der Waals surface area (Å²) in [6.45, 7) is 2.35. The number of aromatic nitrogens is 2. The summed E-state index contributed by atoms with van der Waals surface area (Å²) >= 11 is 0. The molecule has 0 aliphatic carbocycles. The van der Waals surface area contributed by atoms with Crippen molar-refractivity contribution in [3.05, 3.63) is 30.6 Å². The molecule has 1 heterocycles. The largest absolute Gasteiger partial charge is 0.369 e. The van der Waals surface area contributed by atoms with Gasteiger partial charge in [-0.3, -0.25) is 4.79 Å². The van der Waals surface area contributed by atoms with Crippen LogP contribution in [0.1, 0.15) is 19.3 Å². The van der Waals surface area contributed by atoms with Gasteiger partial charge in [-0.1, -0.05) is 12.1 Å². The fourth-order valence-corrected chi connectivity index (χ4v) is 2.31. The van der Waals surface area contributed by atoms with Crippen LogP contribution in [0.4, 0.5) is 5.82 Å². The van der Waals surface area contributed by atoms with Crippen LogP contribution in [0.2, 0.25) is 0 Å².